The van der Waals surface area contributed by atoms with Crippen LogP contribution in [-0.2, 0) is 4.79 Å². The Labute approximate surface area is 65.3 Å². The van der Waals surface area contributed by atoms with E-state index in [-0.39, 0.29) is 0 Å². The summed E-state index contributed by atoms with van der Waals surface area (Å²) in [6, 6.07) is -0.937. The van der Waals surface area contributed by atoms with Crippen molar-refractivity contribution in [2.45, 2.75) is 6.18 Å². The van der Waals surface area contributed by atoms with E-state index in [4.69, 9.17) is 0 Å². The monoisotopic (exact) mass is 185 g/mol. The van der Waals surface area contributed by atoms with Crippen LogP contribution in [0, 0.1) is 0 Å². The van der Waals surface area contributed by atoms with Crippen LogP contribution in [0.2, 0.25) is 0 Å². The lowest BCUT2D eigenvalue weighted by molar-refractivity contribution is -0.174. The lowest BCUT2D eigenvalue weighted by atomic mass is 10.6. The standard InChI is InChI=1S/C4H6F3N3O2/c1-8-3(12)10-9-2(11)4(5,6)7/h1H3,(H,9,11)(H2,8,10,12). The first-order valence-corrected chi connectivity index (χ1v) is 2.73. The zero-order valence-corrected chi connectivity index (χ0v) is 5.95. The van der Waals surface area contributed by atoms with Gasteiger partial charge in [0, 0.05) is 7.05 Å². The number of hydrazine groups is 1. The molecule has 0 aliphatic heterocycles. The van der Waals surface area contributed by atoms with Gasteiger partial charge in [0.2, 0.25) is 0 Å². The lowest BCUT2D eigenvalue weighted by Crippen LogP contribution is -2.50. The molecule has 0 fully saturated rings. The van der Waals surface area contributed by atoms with Crippen molar-refractivity contribution >= 4 is 11.9 Å². The topological polar surface area (TPSA) is 70.2 Å². The SMILES string of the molecule is CNC(=O)NNC(=O)C(F)(F)F. The molecule has 5 nitrogen and oxygen atoms in total. The molecule has 70 valence electrons. The maximum atomic E-state index is 11.4. The average Bonchev–Trinajstić information content (AvgIpc) is 1.97. The van der Waals surface area contributed by atoms with Gasteiger partial charge in [-0.05, 0) is 0 Å². The van der Waals surface area contributed by atoms with E-state index in [1.807, 2.05) is 5.32 Å². The Bertz CT molecular complexity index is 190. The third-order valence-electron chi connectivity index (χ3n) is 0.774. The maximum absolute atomic E-state index is 11.4. The molecule has 3 amide bonds. The highest BCUT2D eigenvalue weighted by molar-refractivity contribution is 5.84. The second kappa shape index (κ2) is 3.79. The molecule has 0 radical (unpaired) electrons. The first kappa shape index (κ1) is 10.5. The summed E-state index contributed by atoms with van der Waals surface area (Å²) >= 11 is 0. The van der Waals surface area contributed by atoms with Gasteiger partial charge in [0.25, 0.3) is 0 Å². The molecule has 0 spiro atoms. The average molecular weight is 185 g/mol. The number of alkyl halides is 3. The third-order valence-corrected chi connectivity index (χ3v) is 0.774. The van der Waals surface area contributed by atoms with E-state index < -0.39 is 18.1 Å². The van der Waals surface area contributed by atoms with Crippen LogP contribution in [0.1, 0.15) is 0 Å². The Morgan fingerprint density at radius 1 is 1.17 bits per heavy atom. The van der Waals surface area contributed by atoms with Crippen LogP contribution in [-0.4, -0.2) is 25.2 Å². The maximum Gasteiger partial charge on any atom is 0.472 e. The zero-order valence-electron chi connectivity index (χ0n) is 5.95. The third kappa shape index (κ3) is 3.64. The predicted molar refractivity (Wildman–Crippen MR) is 31.8 cm³/mol. The first-order chi connectivity index (χ1) is 5.38. The number of halogens is 3. The van der Waals surface area contributed by atoms with Crippen LogP contribution >= 0.6 is 0 Å². The highest BCUT2D eigenvalue weighted by Gasteiger charge is 2.38. The molecule has 0 aromatic heterocycles. The molecule has 0 aromatic carbocycles. The fraction of sp³-hybridized carbons (Fsp3) is 0.500. The smallest absolute Gasteiger partial charge is 0.340 e. The van der Waals surface area contributed by atoms with Gasteiger partial charge >= 0.3 is 18.1 Å². The first-order valence-electron chi connectivity index (χ1n) is 2.73. The van der Waals surface area contributed by atoms with Gasteiger partial charge in [0.15, 0.2) is 0 Å². The van der Waals surface area contributed by atoms with Crippen molar-refractivity contribution in [2.75, 3.05) is 7.05 Å². The Morgan fingerprint density at radius 3 is 2.00 bits per heavy atom. The molecule has 0 heterocycles. The van der Waals surface area contributed by atoms with E-state index in [9.17, 15) is 22.8 Å². The van der Waals surface area contributed by atoms with Gasteiger partial charge in [-0.25, -0.2) is 10.2 Å². The molecule has 0 aliphatic rings. The van der Waals surface area contributed by atoms with E-state index in [0.29, 0.717) is 0 Å². The Kier molecular flexibility index (Phi) is 3.32. The molecule has 0 atom stereocenters. The summed E-state index contributed by atoms with van der Waals surface area (Å²) in [6.45, 7) is 0. The van der Waals surface area contributed by atoms with Gasteiger partial charge in [-0.15, -0.1) is 0 Å². The summed E-state index contributed by atoms with van der Waals surface area (Å²) in [6.07, 6.45) is -5.00. The fourth-order valence-electron chi connectivity index (χ4n) is 0.247. The number of rotatable bonds is 0. The van der Waals surface area contributed by atoms with Gasteiger partial charge in [-0.2, -0.15) is 13.2 Å². The Morgan fingerprint density at radius 2 is 1.67 bits per heavy atom. The lowest BCUT2D eigenvalue weighted by Gasteiger charge is -2.07. The summed E-state index contributed by atoms with van der Waals surface area (Å²) in [5.74, 6) is -2.23. The van der Waals surface area contributed by atoms with Crippen molar-refractivity contribution in [1.29, 1.82) is 0 Å². The highest BCUT2D eigenvalue weighted by Crippen LogP contribution is 2.13. The molecule has 0 saturated heterocycles. The minimum atomic E-state index is -5.00. The van der Waals surface area contributed by atoms with Gasteiger partial charge in [0.1, 0.15) is 0 Å². The van der Waals surface area contributed by atoms with Crippen molar-refractivity contribution in [2.24, 2.45) is 0 Å². The number of carbonyl (C=O) groups excluding carboxylic acids is 2. The number of carbonyl (C=O) groups is 2. The van der Waals surface area contributed by atoms with Crippen LogP contribution in [0.5, 0.6) is 0 Å². The molecule has 8 heteroatoms. The number of hydrogen-bond acceptors (Lipinski definition) is 2. The normalized spacial score (nSPS) is 10.3. The Balaban J connectivity index is 3.81. The van der Waals surface area contributed by atoms with Gasteiger partial charge in [0.05, 0.1) is 0 Å². The molecule has 0 bridgehead atoms. The number of nitrogens with one attached hydrogen (secondary N) is 3. The van der Waals surface area contributed by atoms with Crippen LogP contribution in [0.3, 0.4) is 0 Å². The molecule has 0 unspecified atom stereocenters. The summed E-state index contributed by atoms with van der Waals surface area (Å²) in [7, 11) is 1.19. The highest BCUT2D eigenvalue weighted by atomic mass is 19.4. The fourth-order valence-corrected chi connectivity index (χ4v) is 0.247. The number of amides is 3. The Hall–Kier alpha value is -1.47. The van der Waals surface area contributed by atoms with Crippen molar-refractivity contribution in [1.82, 2.24) is 16.2 Å². The van der Waals surface area contributed by atoms with Crippen LogP contribution in [0.4, 0.5) is 18.0 Å². The van der Waals surface area contributed by atoms with E-state index in [2.05, 4.69) is 0 Å². The van der Waals surface area contributed by atoms with E-state index in [1.54, 1.807) is 0 Å². The predicted octanol–water partition coefficient (Wildman–Crippen LogP) is -0.491. The second-order valence-corrected chi connectivity index (χ2v) is 1.66. The minimum Gasteiger partial charge on any atom is -0.340 e. The van der Waals surface area contributed by atoms with Crippen LogP contribution < -0.4 is 16.2 Å². The molecule has 0 aromatic rings. The minimum absolute atomic E-state index is 0.937. The van der Waals surface area contributed by atoms with Crippen molar-refractivity contribution in [3.8, 4) is 0 Å². The number of urea groups is 1. The van der Waals surface area contributed by atoms with Crippen LogP contribution in [0.15, 0.2) is 0 Å². The molecular weight excluding hydrogens is 179 g/mol. The zero-order chi connectivity index (χ0) is 9.78. The summed E-state index contributed by atoms with van der Waals surface area (Å²) in [5, 5.41) is 1.94. The van der Waals surface area contributed by atoms with Gasteiger partial charge < -0.3 is 5.32 Å². The van der Waals surface area contributed by atoms with Crippen molar-refractivity contribution in [3.63, 3.8) is 0 Å². The molecule has 0 saturated carbocycles. The summed E-state index contributed by atoms with van der Waals surface area (Å²) in [4.78, 5) is 20.2. The van der Waals surface area contributed by atoms with Crippen LogP contribution in [0.25, 0.3) is 0 Å². The van der Waals surface area contributed by atoms with E-state index in [1.165, 1.54) is 12.5 Å². The summed E-state index contributed by atoms with van der Waals surface area (Å²) in [5.41, 5.74) is 2.62. The quantitative estimate of drug-likeness (QED) is 0.445. The van der Waals surface area contributed by atoms with E-state index in [0.717, 1.165) is 5.43 Å². The van der Waals surface area contributed by atoms with E-state index >= 15 is 0 Å². The number of hydrogen-bond donors (Lipinski definition) is 3. The van der Waals surface area contributed by atoms with Gasteiger partial charge in [-0.3, -0.25) is 10.2 Å². The summed E-state index contributed by atoms with van der Waals surface area (Å²) < 4.78 is 34.3. The molecule has 0 aliphatic carbocycles. The largest absolute Gasteiger partial charge is 0.472 e. The second-order valence-electron chi connectivity index (χ2n) is 1.66. The molecule has 12 heavy (non-hydrogen) atoms. The molecular formula is C4H6F3N3O2. The molecule has 0 rings (SSSR count). The van der Waals surface area contributed by atoms with Crippen molar-refractivity contribution in [3.05, 3.63) is 0 Å². The van der Waals surface area contributed by atoms with Gasteiger partial charge in [-0.1, -0.05) is 0 Å². The van der Waals surface area contributed by atoms with Crippen molar-refractivity contribution < 1.29 is 22.8 Å². The molecule has 3 N–H and O–H groups in total.